The molecular formula is C17H22FNO3. The van der Waals surface area contributed by atoms with Gasteiger partial charge in [-0.3, -0.25) is 9.59 Å². The first kappa shape index (κ1) is 16.5. The number of carbonyl (C=O) groups is 2. The third-order valence-corrected chi connectivity index (χ3v) is 4.17. The molecule has 0 spiro atoms. The number of carbonyl (C=O) groups excluding carboxylic acids is 2. The molecule has 1 fully saturated rings. The van der Waals surface area contributed by atoms with Crippen LogP contribution in [0.4, 0.5) is 4.39 Å². The summed E-state index contributed by atoms with van der Waals surface area (Å²) in [5, 5.41) is 0. The number of halogens is 1. The van der Waals surface area contributed by atoms with Crippen LogP contribution in [-0.4, -0.2) is 36.5 Å². The molecule has 1 amide bonds. The molecule has 22 heavy (non-hydrogen) atoms. The van der Waals surface area contributed by atoms with E-state index in [9.17, 15) is 14.0 Å². The Hall–Kier alpha value is -1.91. The molecule has 2 rings (SSSR count). The molecule has 0 saturated heterocycles. The van der Waals surface area contributed by atoms with E-state index in [1.54, 1.807) is 17.9 Å². The van der Waals surface area contributed by atoms with E-state index in [-0.39, 0.29) is 17.9 Å². The number of esters is 1. The van der Waals surface area contributed by atoms with Gasteiger partial charge in [0.05, 0.1) is 13.0 Å². The standard InChI is InChI=1S/C17H22FNO3/c1-12(17(21)22-2)11-19(15-8-3-4-9-15)16(20)13-6-5-7-14(18)10-13/h5-7,10,12,15H,3-4,8-9,11H2,1-2H3. The zero-order chi connectivity index (χ0) is 16.1. The van der Waals surface area contributed by atoms with Gasteiger partial charge in [0.1, 0.15) is 5.82 Å². The third kappa shape index (κ3) is 3.84. The molecule has 0 aliphatic heterocycles. The summed E-state index contributed by atoms with van der Waals surface area (Å²) in [6, 6.07) is 5.80. The second-order valence-corrected chi connectivity index (χ2v) is 5.83. The van der Waals surface area contributed by atoms with Crippen molar-refractivity contribution in [3.05, 3.63) is 35.6 Å². The van der Waals surface area contributed by atoms with Crippen LogP contribution < -0.4 is 0 Å². The topological polar surface area (TPSA) is 46.6 Å². The van der Waals surface area contributed by atoms with E-state index in [2.05, 4.69) is 0 Å². The lowest BCUT2D eigenvalue weighted by molar-refractivity contribution is -0.145. The highest BCUT2D eigenvalue weighted by Gasteiger charge is 2.30. The van der Waals surface area contributed by atoms with Gasteiger partial charge >= 0.3 is 5.97 Å². The van der Waals surface area contributed by atoms with Gasteiger partial charge in [-0.15, -0.1) is 0 Å². The molecule has 0 aromatic heterocycles. The van der Waals surface area contributed by atoms with Crippen LogP contribution in [-0.2, 0) is 9.53 Å². The fraction of sp³-hybridized carbons (Fsp3) is 0.529. The molecule has 0 bridgehead atoms. The van der Waals surface area contributed by atoms with Crippen LogP contribution in [0.5, 0.6) is 0 Å². The molecule has 1 aromatic carbocycles. The Morgan fingerprint density at radius 3 is 2.64 bits per heavy atom. The maximum Gasteiger partial charge on any atom is 0.310 e. The SMILES string of the molecule is COC(=O)C(C)CN(C(=O)c1cccc(F)c1)C1CCCC1. The average molecular weight is 307 g/mol. The second-order valence-electron chi connectivity index (χ2n) is 5.83. The first-order valence-corrected chi connectivity index (χ1v) is 7.67. The smallest absolute Gasteiger partial charge is 0.310 e. The number of ether oxygens (including phenoxy) is 1. The summed E-state index contributed by atoms with van der Waals surface area (Å²) in [7, 11) is 1.34. The van der Waals surface area contributed by atoms with Crippen LogP contribution in [0, 0.1) is 11.7 Å². The van der Waals surface area contributed by atoms with E-state index in [0.29, 0.717) is 12.1 Å². The van der Waals surface area contributed by atoms with Gasteiger partial charge in [-0.1, -0.05) is 25.8 Å². The summed E-state index contributed by atoms with van der Waals surface area (Å²) >= 11 is 0. The number of methoxy groups -OCH3 is 1. The fourth-order valence-corrected chi connectivity index (χ4v) is 2.97. The van der Waals surface area contributed by atoms with E-state index >= 15 is 0 Å². The molecule has 1 unspecified atom stereocenters. The lowest BCUT2D eigenvalue weighted by atomic mass is 10.1. The molecule has 1 aromatic rings. The quantitative estimate of drug-likeness (QED) is 0.786. The molecule has 5 heteroatoms. The van der Waals surface area contributed by atoms with Crippen LogP contribution in [0.3, 0.4) is 0 Å². The van der Waals surface area contributed by atoms with Gasteiger partial charge in [0.25, 0.3) is 5.91 Å². The maximum atomic E-state index is 13.4. The largest absolute Gasteiger partial charge is 0.469 e. The Kier molecular flexibility index (Phi) is 5.52. The second kappa shape index (κ2) is 7.38. The van der Waals surface area contributed by atoms with Crippen LogP contribution in [0.25, 0.3) is 0 Å². The number of amides is 1. The average Bonchev–Trinajstić information content (AvgIpc) is 3.05. The van der Waals surface area contributed by atoms with Crippen molar-refractivity contribution < 1.29 is 18.7 Å². The van der Waals surface area contributed by atoms with Crippen LogP contribution in [0.15, 0.2) is 24.3 Å². The number of hydrogen-bond donors (Lipinski definition) is 0. The molecule has 120 valence electrons. The van der Waals surface area contributed by atoms with Crippen molar-refractivity contribution >= 4 is 11.9 Å². The lowest BCUT2D eigenvalue weighted by Gasteiger charge is -2.31. The zero-order valence-electron chi connectivity index (χ0n) is 13.0. The minimum absolute atomic E-state index is 0.114. The molecule has 1 aliphatic rings. The Balaban J connectivity index is 2.19. The number of benzene rings is 1. The normalized spacial score (nSPS) is 16.3. The molecule has 0 heterocycles. The van der Waals surface area contributed by atoms with Crippen molar-refractivity contribution in [3.8, 4) is 0 Å². The Morgan fingerprint density at radius 2 is 2.05 bits per heavy atom. The van der Waals surface area contributed by atoms with E-state index in [1.165, 1.54) is 25.3 Å². The van der Waals surface area contributed by atoms with Crippen molar-refractivity contribution in [2.45, 2.75) is 38.6 Å². The number of nitrogens with zero attached hydrogens (tertiary/aromatic N) is 1. The molecule has 1 aliphatic carbocycles. The minimum Gasteiger partial charge on any atom is -0.469 e. The van der Waals surface area contributed by atoms with Gasteiger partial charge in [0, 0.05) is 18.2 Å². The summed E-state index contributed by atoms with van der Waals surface area (Å²) in [4.78, 5) is 26.1. The molecule has 0 radical (unpaired) electrons. The van der Waals surface area contributed by atoms with E-state index < -0.39 is 11.7 Å². The van der Waals surface area contributed by atoms with E-state index in [1.807, 2.05) is 0 Å². The molecular weight excluding hydrogens is 285 g/mol. The summed E-state index contributed by atoms with van der Waals surface area (Å²) in [5.74, 6) is -1.39. The Morgan fingerprint density at radius 1 is 1.36 bits per heavy atom. The Bertz CT molecular complexity index is 540. The van der Waals surface area contributed by atoms with Gasteiger partial charge in [-0.2, -0.15) is 0 Å². The van der Waals surface area contributed by atoms with Crippen molar-refractivity contribution in [2.75, 3.05) is 13.7 Å². The van der Waals surface area contributed by atoms with E-state index in [0.717, 1.165) is 25.7 Å². The van der Waals surface area contributed by atoms with Crippen molar-refractivity contribution in [1.82, 2.24) is 4.90 Å². The highest BCUT2D eigenvalue weighted by atomic mass is 19.1. The predicted molar refractivity (Wildman–Crippen MR) is 80.9 cm³/mol. The fourth-order valence-electron chi connectivity index (χ4n) is 2.97. The Labute approximate surface area is 130 Å². The van der Waals surface area contributed by atoms with Crippen LogP contribution >= 0.6 is 0 Å². The first-order valence-electron chi connectivity index (χ1n) is 7.67. The molecule has 1 saturated carbocycles. The van der Waals surface area contributed by atoms with Gasteiger partial charge < -0.3 is 9.64 Å². The summed E-state index contributed by atoms with van der Waals surface area (Å²) in [6.45, 7) is 2.04. The number of rotatable bonds is 5. The van der Waals surface area contributed by atoms with Gasteiger partial charge in [-0.25, -0.2) is 4.39 Å². The predicted octanol–water partition coefficient (Wildman–Crippen LogP) is 3.02. The van der Waals surface area contributed by atoms with Crippen LogP contribution in [0.1, 0.15) is 43.0 Å². The highest BCUT2D eigenvalue weighted by molar-refractivity contribution is 5.94. The summed E-state index contributed by atoms with van der Waals surface area (Å²) in [6.07, 6.45) is 4.00. The maximum absolute atomic E-state index is 13.4. The van der Waals surface area contributed by atoms with Crippen LogP contribution in [0.2, 0.25) is 0 Å². The summed E-state index contributed by atoms with van der Waals surface area (Å²) < 4.78 is 18.1. The molecule has 1 atom stereocenters. The first-order chi connectivity index (χ1) is 10.5. The monoisotopic (exact) mass is 307 g/mol. The van der Waals surface area contributed by atoms with Gasteiger partial charge in [0.15, 0.2) is 0 Å². The molecule has 4 nitrogen and oxygen atoms in total. The summed E-state index contributed by atoms with van der Waals surface area (Å²) in [5.41, 5.74) is 0.323. The zero-order valence-corrected chi connectivity index (χ0v) is 13.0. The van der Waals surface area contributed by atoms with Crippen molar-refractivity contribution in [1.29, 1.82) is 0 Å². The van der Waals surface area contributed by atoms with Crippen molar-refractivity contribution in [2.24, 2.45) is 5.92 Å². The van der Waals surface area contributed by atoms with Gasteiger partial charge in [0.2, 0.25) is 0 Å². The van der Waals surface area contributed by atoms with E-state index in [4.69, 9.17) is 4.74 Å². The van der Waals surface area contributed by atoms with Crippen molar-refractivity contribution in [3.63, 3.8) is 0 Å². The van der Waals surface area contributed by atoms with Gasteiger partial charge in [-0.05, 0) is 31.0 Å². The number of hydrogen-bond acceptors (Lipinski definition) is 3. The highest BCUT2D eigenvalue weighted by Crippen LogP contribution is 2.26. The molecule has 0 N–H and O–H groups in total. The lowest BCUT2D eigenvalue weighted by Crippen LogP contribution is -2.43. The third-order valence-electron chi connectivity index (χ3n) is 4.17. The minimum atomic E-state index is -0.432.